The first-order chi connectivity index (χ1) is 9.15. The van der Waals surface area contributed by atoms with Crippen molar-refractivity contribution in [2.45, 2.75) is 12.5 Å². The number of hydrogen-bond donors (Lipinski definition) is 1. The lowest BCUT2D eigenvalue weighted by Gasteiger charge is -2.13. The number of nitrogens with one attached hydrogen (secondary N) is 1. The number of nitro benzene ring substituents is 1. The molecule has 1 aromatic carbocycles. The van der Waals surface area contributed by atoms with Crippen LogP contribution >= 0.6 is 0 Å². The van der Waals surface area contributed by atoms with Crippen molar-refractivity contribution in [1.82, 2.24) is 15.2 Å². The van der Waals surface area contributed by atoms with Crippen molar-refractivity contribution in [3.05, 3.63) is 22.2 Å². The van der Waals surface area contributed by atoms with E-state index in [1.54, 1.807) is 6.07 Å². The second kappa shape index (κ2) is 4.47. The molecule has 1 unspecified atom stereocenters. The summed E-state index contributed by atoms with van der Waals surface area (Å²) in [6.07, 6.45) is 1.03. The molecule has 2 heterocycles. The zero-order chi connectivity index (χ0) is 13.4. The lowest BCUT2D eigenvalue weighted by atomic mass is 10.2. The minimum Gasteiger partial charge on any atom is -0.379 e. The molecule has 1 atom stereocenters. The molecule has 1 N–H and O–H groups in total. The Morgan fingerprint density at radius 1 is 1.47 bits per heavy atom. The van der Waals surface area contributed by atoms with Crippen LogP contribution in [0.5, 0.6) is 0 Å². The van der Waals surface area contributed by atoms with Crippen molar-refractivity contribution >= 4 is 22.4 Å². The van der Waals surface area contributed by atoms with E-state index in [1.165, 1.54) is 6.07 Å². The Morgan fingerprint density at radius 3 is 2.95 bits per heavy atom. The van der Waals surface area contributed by atoms with Crippen molar-refractivity contribution in [2.24, 2.45) is 0 Å². The number of benzene rings is 1. The van der Waals surface area contributed by atoms with Gasteiger partial charge in [-0.25, -0.2) is 4.63 Å². The lowest BCUT2D eigenvalue weighted by molar-refractivity contribution is -0.383. The van der Waals surface area contributed by atoms with Gasteiger partial charge in [0.05, 0.1) is 10.6 Å². The molecule has 8 nitrogen and oxygen atoms in total. The summed E-state index contributed by atoms with van der Waals surface area (Å²) in [6, 6.07) is 3.39. The highest BCUT2D eigenvalue weighted by molar-refractivity contribution is 5.93. The SMILES string of the molecule is CN1CCC(Nc2ccc([N+](=O)[O-])c3nonc23)C1. The number of non-ortho nitro benzene ring substituents is 1. The molecule has 0 radical (unpaired) electrons. The van der Waals surface area contributed by atoms with E-state index < -0.39 is 4.92 Å². The number of nitro groups is 1. The molecule has 8 heteroatoms. The van der Waals surface area contributed by atoms with E-state index in [-0.39, 0.29) is 11.2 Å². The van der Waals surface area contributed by atoms with E-state index in [2.05, 4.69) is 32.2 Å². The molecule has 1 aliphatic heterocycles. The fraction of sp³-hybridized carbons (Fsp3) is 0.455. The van der Waals surface area contributed by atoms with Gasteiger partial charge in [0.2, 0.25) is 5.52 Å². The molecule has 0 spiro atoms. The van der Waals surface area contributed by atoms with Gasteiger partial charge in [0.25, 0.3) is 0 Å². The Labute approximate surface area is 108 Å². The molecule has 1 fully saturated rings. The lowest BCUT2D eigenvalue weighted by Crippen LogP contribution is -2.23. The first-order valence-electron chi connectivity index (χ1n) is 6.00. The van der Waals surface area contributed by atoms with E-state index in [4.69, 9.17) is 0 Å². The van der Waals surface area contributed by atoms with Crippen LogP contribution in [0, 0.1) is 10.1 Å². The highest BCUT2D eigenvalue weighted by Gasteiger charge is 2.23. The van der Waals surface area contributed by atoms with E-state index in [9.17, 15) is 10.1 Å². The van der Waals surface area contributed by atoms with E-state index >= 15 is 0 Å². The highest BCUT2D eigenvalue weighted by Crippen LogP contribution is 2.29. The summed E-state index contributed by atoms with van der Waals surface area (Å²) >= 11 is 0. The van der Waals surface area contributed by atoms with Crippen LogP contribution in [0.1, 0.15) is 6.42 Å². The molecule has 1 aliphatic rings. The van der Waals surface area contributed by atoms with E-state index in [0.29, 0.717) is 11.6 Å². The molecule has 1 saturated heterocycles. The van der Waals surface area contributed by atoms with Gasteiger partial charge in [-0.2, -0.15) is 0 Å². The molecule has 19 heavy (non-hydrogen) atoms. The average molecular weight is 263 g/mol. The third-order valence-electron chi connectivity index (χ3n) is 3.34. The fourth-order valence-electron chi connectivity index (χ4n) is 2.39. The number of likely N-dealkylation sites (N-methyl/N-ethyl adjacent to an activating group) is 1. The van der Waals surface area contributed by atoms with Gasteiger partial charge in [-0.05, 0) is 36.4 Å². The van der Waals surface area contributed by atoms with Crippen LogP contribution in [0.2, 0.25) is 0 Å². The molecular formula is C11H13N5O3. The van der Waals surface area contributed by atoms with Gasteiger partial charge in [-0.3, -0.25) is 10.1 Å². The average Bonchev–Trinajstić information content (AvgIpc) is 2.98. The summed E-state index contributed by atoms with van der Waals surface area (Å²) in [4.78, 5) is 12.6. The summed E-state index contributed by atoms with van der Waals surface area (Å²) < 4.78 is 4.63. The Morgan fingerprint density at radius 2 is 2.26 bits per heavy atom. The van der Waals surface area contributed by atoms with Crippen molar-refractivity contribution in [3.63, 3.8) is 0 Å². The number of fused-ring (bicyclic) bond motifs is 1. The summed E-state index contributed by atoms with van der Waals surface area (Å²) in [5.41, 5.74) is 1.22. The predicted octanol–water partition coefficient (Wildman–Crippen LogP) is 1.25. The van der Waals surface area contributed by atoms with E-state index in [1.807, 2.05) is 0 Å². The second-order valence-corrected chi connectivity index (χ2v) is 4.74. The Bertz CT molecular complexity index is 626. The Balaban J connectivity index is 1.94. The first-order valence-corrected chi connectivity index (χ1v) is 6.00. The molecule has 0 bridgehead atoms. The van der Waals surface area contributed by atoms with Crippen LogP contribution in [-0.2, 0) is 0 Å². The predicted molar refractivity (Wildman–Crippen MR) is 68.0 cm³/mol. The summed E-state index contributed by atoms with van der Waals surface area (Å²) in [5, 5.41) is 21.6. The van der Waals surface area contributed by atoms with Crippen LogP contribution in [0.4, 0.5) is 11.4 Å². The minimum absolute atomic E-state index is 0.0923. The Hall–Kier alpha value is -2.22. The zero-order valence-corrected chi connectivity index (χ0v) is 10.4. The standard InChI is InChI=1S/C11H13N5O3/c1-15-5-4-7(6-15)12-8-2-3-9(16(17)18)11-10(8)13-19-14-11/h2-3,7,12H,4-6H2,1H3. The Kier molecular flexibility index (Phi) is 2.79. The summed E-state index contributed by atoms with van der Waals surface area (Å²) in [5.74, 6) is 0. The maximum absolute atomic E-state index is 10.9. The number of nitrogens with zero attached hydrogens (tertiary/aromatic N) is 4. The molecule has 100 valence electrons. The van der Waals surface area contributed by atoms with Crippen molar-refractivity contribution in [3.8, 4) is 0 Å². The third-order valence-corrected chi connectivity index (χ3v) is 3.34. The number of hydrogen-bond acceptors (Lipinski definition) is 7. The summed E-state index contributed by atoms with van der Waals surface area (Å²) in [6.45, 7) is 1.97. The largest absolute Gasteiger partial charge is 0.379 e. The molecule has 2 aromatic rings. The van der Waals surface area contributed by atoms with Crippen LogP contribution in [0.25, 0.3) is 11.0 Å². The van der Waals surface area contributed by atoms with Gasteiger partial charge in [0.15, 0.2) is 5.52 Å². The minimum atomic E-state index is -0.486. The van der Waals surface area contributed by atoms with Gasteiger partial charge in [0, 0.05) is 18.7 Å². The van der Waals surface area contributed by atoms with Crippen molar-refractivity contribution in [2.75, 3.05) is 25.5 Å². The van der Waals surface area contributed by atoms with E-state index in [0.717, 1.165) is 25.2 Å². The molecular weight excluding hydrogens is 250 g/mol. The molecule has 0 amide bonds. The maximum Gasteiger partial charge on any atom is 0.300 e. The number of aromatic nitrogens is 2. The van der Waals surface area contributed by atoms with Crippen LogP contribution in [0.15, 0.2) is 16.8 Å². The number of anilines is 1. The molecule has 0 saturated carbocycles. The van der Waals surface area contributed by atoms with Crippen LogP contribution < -0.4 is 5.32 Å². The van der Waals surface area contributed by atoms with Crippen LogP contribution in [-0.4, -0.2) is 46.3 Å². The zero-order valence-electron chi connectivity index (χ0n) is 10.4. The van der Waals surface area contributed by atoms with Gasteiger partial charge in [-0.15, -0.1) is 0 Å². The highest BCUT2D eigenvalue weighted by atomic mass is 16.6. The van der Waals surface area contributed by atoms with Gasteiger partial charge in [-0.1, -0.05) is 0 Å². The molecule has 1 aromatic heterocycles. The quantitative estimate of drug-likeness (QED) is 0.657. The summed E-state index contributed by atoms with van der Waals surface area (Å²) in [7, 11) is 2.06. The smallest absolute Gasteiger partial charge is 0.300 e. The normalized spacial score (nSPS) is 19.9. The van der Waals surface area contributed by atoms with Crippen LogP contribution in [0.3, 0.4) is 0 Å². The van der Waals surface area contributed by atoms with Gasteiger partial charge < -0.3 is 10.2 Å². The number of rotatable bonds is 3. The molecule has 0 aliphatic carbocycles. The van der Waals surface area contributed by atoms with Gasteiger partial charge >= 0.3 is 5.69 Å². The topological polar surface area (TPSA) is 97.3 Å². The monoisotopic (exact) mass is 263 g/mol. The fourth-order valence-corrected chi connectivity index (χ4v) is 2.39. The van der Waals surface area contributed by atoms with Crippen molar-refractivity contribution in [1.29, 1.82) is 0 Å². The van der Waals surface area contributed by atoms with Gasteiger partial charge in [0.1, 0.15) is 0 Å². The third kappa shape index (κ3) is 2.10. The number of likely N-dealkylation sites (tertiary alicyclic amines) is 1. The maximum atomic E-state index is 10.9. The van der Waals surface area contributed by atoms with Crippen molar-refractivity contribution < 1.29 is 9.55 Å². The molecule has 3 rings (SSSR count). The second-order valence-electron chi connectivity index (χ2n) is 4.74. The first kappa shape index (κ1) is 11.8.